The third-order valence-corrected chi connectivity index (χ3v) is 6.54. The summed E-state index contributed by atoms with van der Waals surface area (Å²) >= 11 is 1.01. The van der Waals surface area contributed by atoms with E-state index in [2.05, 4.69) is 0 Å². The second-order valence-electron chi connectivity index (χ2n) is 7.76. The van der Waals surface area contributed by atoms with E-state index in [4.69, 9.17) is 4.74 Å². The molecule has 1 fully saturated rings. The Balaban J connectivity index is 2.04. The first-order chi connectivity index (χ1) is 15.9. The maximum atomic E-state index is 14.3. The Hall–Kier alpha value is -3.54. The number of hydrogen-bond acceptors (Lipinski definition) is 5. The van der Waals surface area contributed by atoms with E-state index in [1.165, 1.54) is 16.7 Å². The van der Waals surface area contributed by atoms with Gasteiger partial charge in [0.1, 0.15) is 16.5 Å². The van der Waals surface area contributed by atoms with Gasteiger partial charge in [-0.05, 0) is 37.6 Å². The lowest BCUT2D eigenvalue weighted by Crippen LogP contribution is -2.42. The van der Waals surface area contributed by atoms with Crippen molar-refractivity contribution >= 4 is 28.9 Å². The van der Waals surface area contributed by atoms with Gasteiger partial charge in [-0.2, -0.15) is 5.26 Å². The summed E-state index contributed by atoms with van der Waals surface area (Å²) in [6.07, 6.45) is 1.46. The van der Waals surface area contributed by atoms with Crippen LogP contribution in [0.1, 0.15) is 16.7 Å². The summed E-state index contributed by atoms with van der Waals surface area (Å²) in [4.78, 5) is 28.3. The first kappa shape index (κ1) is 22.6. The van der Waals surface area contributed by atoms with Gasteiger partial charge in [0.15, 0.2) is 5.57 Å². The quantitative estimate of drug-likeness (QED) is 0.596. The minimum atomic E-state index is -0.459. The number of carbonyl (C=O) groups is 1. The van der Waals surface area contributed by atoms with Crippen LogP contribution in [0.15, 0.2) is 47.3 Å². The lowest BCUT2D eigenvalue weighted by atomic mass is 10.1. The minimum Gasteiger partial charge on any atom is -0.378 e. The zero-order valence-electron chi connectivity index (χ0n) is 18.3. The van der Waals surface area contributed by atoms with Crippen molar-refractivity contribution in [2.45, 2.75) is 13.8 Å². The summed E-state index contributed by atoms with van der Waals surface area (Å²) < 4.78 is 21.4. The summed E-state index contributed by atoms with van der Waals surface area (Å²) in [5.74, 6) is -0.906. The maximum absolute atomic E-state index is 14.3. The number of rotatable bonds is 3. The van der Waals surface area contributed by atoms with Crippen molar-refractivity contribution in [3.8, 4) is 11.8 Å². The van der Waals surface area contributed by atoms with Gasteiger partial charge in [-0.15, -0.1) is 11.3 Å². The lowest BCUT2D eigenvalue weighted by Gasteiger charge is -2.26. The second-order valence-corrected chi connectivity index (χ2v) is 8.79. The van der Waals surface area contributed by atoms with Crippen molar-refractivity contribution in [1.82, 2.24) is 9.47 Å². The number of aryl methyl sites for hydroxylation is 2. The van der Waals surface area contributed by atoms with Crippen molar-refractivity contribution in [3.05, 3.63) is 84.5 Å². The van der Waals surface area contributed by atoms with Gasteiger partial charge in [0, 0.05) is 18.7 Å². The van der Waals surface area contributed by atoms with Crippen molar-refractivity contribution in [2.75, 3.05) is 26.3 Å². The van der Waals surface area contributed by atoms with E-state index < -0.39 is 17.3 Å². The third-order valence-electron chi connectivity index (χ3n) is 5.45. The number of nitrogens with zero attached hydrogens (tertiary/aromatic N) is 3. The summed E-state index contributed by atoms with van der Waals surface area (Å²) in [6, 6.07) is 13.8. The van der Waals surface area contributed by atoms with Crippen molar-refractivity contribution < 1.29 is 13.9 Å². The van der Waals surface area contributed by atoms with Crippen LogP contribution in [-0.2, 0) is 9.53 Å². The van der Waals surface area contributed by atoms with Crippen LogP contribution in [0.4, 0.5) is 4.39 Å². The molecular formula is C25H22FN3O3S. The topological polar surface area (TPSA) is 75.3 Å². The zero-order valence-corrected chi connectivity index (χ0v) is 19.1. The fourth-order valence-electron chi connectivity index (χ4n) is 3.77. The molecule has 0 bridgehead atoms. The predicted molar refractivity (Wildman–Crippen MR) is 125 cm³/mol. The smallest absolute Gasteiger partial charge is 0.273 e. The summed E-state index contributed by atoms with van der Waals surface area (Å²) in [5, 5.41) is 9.95. The van der Waals surface area contributed by atoms with Gasteiger partial charge in [-0.3, -0.25) is 14.2 Å². The molecule has 0 atom stereocenters. The molecule has 0 aliphatic carbocycles. The van der Waals surface area contributed by atoms with Gasteiger partial charge in [0.25, 0.3) is 11.5 Å². The lowest BCUT2D eigenvalue weighted by molar-refractivity contribution is -0.128. The highest BCUT2D eigenvalue weighted by atomic mass is 32.1. The Morgan fingerprint density at radius 2 is 1.91 bits per heavy atom. The number of aromatic nitrogens is 1. The van der Waals surface area contributed by atoms with Gasteiger partial charge in [0.2, 0.25) is 0 Å². The van der Waals surface area contributed by atoms with Crippen LogP contribution in [0.25, 0.3) is 17.3 Å². The average molecular weight is 464 g/mol. The molecule has 1 aliphatic heterocycles. The molecule has 2 heterocycles. The molecule has 1 amide bonds. The number of carbonyl (C=O) groups excluding carboxylic acids is 1. The van der Waals surface area contributed by atoms with Crippen LogP contribution in [0.5, 0.6) is 0 Å². The third kappa shape index (κ3) is 4.51. The summed E-state index contributed by atoms with van der Waals surface area (Å²) in [7, 11) is 0. The van der Waals surface area contributed by atoms with Crippen molar-refractivity contribution in [3.63, 3.8) is 0 Å². The van der Waals surface area contributed by atoms with Gasteiger partial charge < -0.3 is 9.64 Å². The highest BCUT2D eigenvalue weighted by Crippen LogP contribution is 2.14. The van der Waals surface area contributed by atoms with Gasteiger partial charge in [0.05, 0.1) is 23.4 Å². The minimum absolute atomic E-state index is 0.118. The molecule has 1 saturated heterocycles. The molecule has 0 saturated carbocycles. The Morgan fingerprint density at radius 3 is 2.58 bits per heavy atom. The van der Waals surface area contributed by atoms with Crippen molar-refractivity contribution in [2.24, 2.45) is 0 Å². The molecule has 0 N–H and O–H groups in total. The molecule has 168 valence electrons. The van der Waals surface area contributed by atoms with Crippen LogP contribution in [-0.4, -0.2) is 41.7 Å². The summed E-state index contributed by atoms with van der Waals surface area (Å²) in [6.45, 7) is 5.34. The van der Waals surface area contributed by atoms with E-state index in [0.717, 1.165) is 22.5 Å². The van der Waals surface area contributed by atoms with Crippen LogP contribution in [0, 0.1) is 31.0 Å². The molecule has 0 spiro atoms. The molecule has 8 heteroatoms. The Labute approximate surface area is 194 Å². The number of morpholine rings is 1. The van der Waals surface area contributed by atoms with Crippen LogP contribution in [0.2, 0.25) is 0 Å². The number of hydrogen-bond donors (Lipinski definition) is 0. The second kappa shape index (κ2) is 9.53. The number of thiazole rings is 1. The van der Waals surface area contributed by atoms with Crippen LogP contribution >= 0.6 is 11.3 Å². The first-order valence-electron chi connectivity index (χ1n) is 10.5. The number of nitriles is 1. The normalized spacial score (nSPS) is 15.3. The fourth-order valence-corrected chi connectivity index (χ4v) is 4.85. The van der Waals surface area contributed by atoms with E-state index in [0.29, 0.717) is 32.0 Å². The largest absolute Gasteiger partial charge is 0.378 e. The van der Waals surface area contributed by atoms with E-state index in [1.807, 2.05) is 32.0 Å². The SMILES string of the molecule is Cc1ccc(-n2c(=O)/c(=C\c3ccccc3F)s/c2=C(/C#N)C(=O)N2CCOCC2)c(C)c1. The average Bonchev–Trinajstić information content (AvgIpc) is 3.12. The predicted octanol–water partition coefficient (Wildman–Crippen LogP) is 2.02. The molecule has 0 unspecified atom stereocenters. The molecular weight excluding hydrogens is 441 g/mol. The molecule has 1 aromatic heterocycles. The highest BCUT2D eigenvalue weighted by Gasteiger charge is 2.24. The summed E-state index contributed by atoms with van der Waals surface area (Å²) in [5.41, 5.74) is 2.15. The fraction of sp³-hybridized carbons (Fsp3) is 0.240. The number of amides is 1. The van der Waals surface area contributed by atoms with E-state index in [9.17, 15) is 19.2 Å². The number of halogens is 1. The molecule has 2 aromatic carbocycles. The number of ether oxygens (including phenoxy) is 1. The molecule has 3 aromatic rings. The van der Waals surface area contributed by atoms with E-state index in [1.54, 1.807) is 29.2 Å². The van der Waals surface area contributed by atoms with Crippen LogP contribution < -0.4 is 14.8 Å². The molecule has 1 aliphatic rings. The molecule has 4 rings (SSSR count). The Bertz CT molecular complexity index is 1440. The highest BCUT2D eigenvalue weighted by molar-refractivity contribution is 7.07. The van der Waals surface area contributed by atoms with Gasteiger partial charge >= 0.3 is 0 Å². The van der Waals surface area contributed by atoms with Gasteiger partial charge in [-0.25, -0.2) is 4.39 Å². The monoisotopic (exact) mass is 463 g/mol. The standard InChI is InChI=1S/C25H22FN3O3S/c1-16-7-8-21(17(2)13-16)29-24(31)22(14-18-5-3-4-6-20(18)26)33-25(29)19(15-27)23(30)28-9-11-32-12-10-28/h3-8,13-14H,9-12H2,1-2H3/b22-14+,25-19-. The van der Waals surface area contributed by atoms with Gasteiger partial charge in [-0.1, -0.05) is 35.9 Å². The van der Waals surface area contributed by atoms with Crippen LogP contribution in [0.3, 0.4) is 0 Å². The molecule has 33 heavy (non-hydrogen) atoms. The zero-order chi connectivity index (χ0) is 23.5. The molecule has 6 nitrogen and oxygen atoms in total. The number of benzene rings is 2. The van der Waals surface area contributed by atoms with E-state index in [-0.39, 0.29) is 20.3 Å². The van der Waals surface area contributed by atoms with E-state index >= 15 is 0 Å². The Kier molecular flexibility index (Phi) is 6.54. The first-order valence-corrected chi connectivity index (χ1v) is 11.3. The van der Waals surface area contributed by atoms with Crippen molar-refractivity contribution in [1.29, 1.82) is 5.26 Å². The Morgan fingerprint density at radius 1 is 1.18 bits per heavy atom. The maximum Gasteiger partial charge on any atom is 0.273 e. The molecule has 0 radical (unpaired) electrons.